The molecule has 0 heterocycles. The lowest BCUT2D eigenvalue weighted by molar-refractivity contribution is 0.0526. The topological polar surface area (TPSA) is 52.6 Å². The second kappa shape index (κ2) is 7.29. The number of carbonyl (C=O) groups is 2. The maximum absolute atomic E-state index is 12.0. The van der Waals surface area contributed by atoms with Crippen LogP contribution in [0.5, 0.6) is 5.75 Å². The van der Waals surface area contributed by atoms with Crippen LogP contribution in [0.4, 0.5) is 0 Å². The Balaban J connectivity index is 2.08. The minimum absolute atomic E-state index is 0.272. The van der Waals surface area contributed by atoms with Crippen molar-refractivity contribution in [3.05, 3.63) is 63.6 Å². The zero-order valence-corrected chi connectivity index (χ0v) is 13.1. The van der Waals surface area contributed by atoms with E-state index in [0.717, 1.165) is 0 Å². The molecule has 0 unspecified atom stereocenters. The Hall–Kier alpha value is -2.04. The van der Waals surface area contributed by atoms with E-state index in [-0.39, 0.29) is 10.6 Å². The molecule has 22 heavy (non-hydrogen) atoms. The van der Waals surface area contributed by atoms with Crippen LogP contribution < -0.4 is 4.74 Å². The third-order valence-corrected chi connectivity index (χ3v) is 3.47. The van der Waals surface area contributed by atoms with E-state index in [2.05, 4.69) is 0 Å². The SMILES string of the molecule is CCOC(=O)c1ccc(OC(=O)c2ccc(Cl)c(Cl)c2)cc1. The van der Waals surface area contributed by atoms with Crippen LogP contribution in [0, 0.1) is 0 Å². The van der Waals surface area contributed by atoms with Gasteiger partial charge in [-0.25, -0.2) is 9.59 Å². The molecule has 0 radical (unpaired) electrons. The molecule has 0 saturated heterocycles. The second-order valence-corrected chi connectivity index (χ2v) is 5.08. The number of halogens is 2. The first-order valence-electron chi connectivity index (χ1n) is 6.45. The van der Waals surface area contributed by atoms with E-state index in [1.807, 2.05) is 0 Å². The largest absolute Gasteiger partial charge is 0.462 e. The average Bonchev–Trinajstić information content (AvgIpc) is 2.51. The number of esters is 2. The van der Waals surface area contributed by atoms with Crippen molar-refractivity contribution in [2.24, 2.45) is 0 Å². The van der Waals surface area contributed by atoms with Crippen molar-refractivity contribution in [1.82, 2.24) is 0 Å². The highest BCUT2D eigenvalue weighted by Gasteiger charge is 2.12. The van der Waals surface area contributed by atoms with E-state index in [9.17, 15) is 9.59 Å². The summed E-state index contributed by atoms with van der Waals surface area (Å²) in [5, 5.41) is 0.630. The van der Waals surface area contributed by atoms with E-state index in [4.69, 9.17) is 32.7 Å². The standard InChI is InChI=1S/C16H12Cl2O4/c1-2-21-15(19)10-3-6-12(7-4-10)22-16(20)11-5-8-13(17)14(18)9-11/h3-9H,2H2,1H3. The lowest BCUT2D eigenvalue weighted by Crippen LogP contribution is -2.09. The molecule has 0 amide bonds. The van der Waals surface area contributed by atoms with Crippen LogP contribution in [0.15, 0.2) is 42.5 Å². The van der Waals surface area contributed by atoms with E-state index in [1.165, 1.54) is 42.5 Å². The molecule has 0 aliphatic carbocycles. The summed E-state index contributed by atoms with van der Waals surface area (Å²) in [6.45, 7) is 2.03. The quantitative estimate of drug-likeness (QED) is 0.612. The van der Waals surface area contributed by atoms with Crippen molar-refractivity contribution in [2.75, 3.05) is 6.61 Å². The molecule has 0 bridgehead atoms. The Bertz CT molecular complexity index is 696. The molecule has 2 aromatic carbocycles. The van der Waals surface area contributed by atoms with Crippen molar-refractivity contribution < 1.29 is 19.1 Å². The first-order valence-corrected chi connectivity index (χ1v) is 7.21. The third kappa shape index (κ3) is 4.00. The fraction of sp³-hybridized carbons (Fsp3) is 0.125. The number of hydrogen-bond acceptors (Lipinski definition) is 4. The Morgan fingerprint density at radius 2 is 1.55 bits per heavy atom. The normalized spacial score (nSPS) is 10.1. The van der Waals surface area contributed by atoms with E-state index < -0.39 is 11.9 Å². The van der Waals surface area contributed by atoms with Crippen LogP contribution in [0.25, 0.3) is 0 Å². The zero-order chi connectivity index (χ0) is 16.1. The first-order chi connectivity index (χ1) is 10.5. The van der Waals surface area contributed by atoms with E-state index >= 15 is 0 Å². The summed E-state index contributed by atoms with van der Waals surface area (Å²) in [6, 6.07) is 10.5. The molecular formula is C16H12Cl2O4. The van der Waals surface area contributed by atoms with Gasteiger partial charge >= 0.3 is 11.9 Å². The Kier molecular flexibility index (Phi) is 5.41. The molecular weight excluding hydrogens is 327 g/mol. The van der Waals surface area contributed by atoms with E-state index in [1.54, 1.807) is 6.92 Å². The average molecular weight is 339 g/mol. The molecule has 0 N–H and O–H groups in total. The van der Waals surface area contributed by atoms with E-state index in [0.29, 0.717) is 22.9 Å². The highest BCUT2D eigenvalue weighted by molar-refractivity contribution is 6.42. The molecule has 0 fully saturated rings. The monoisotopic (exact) mass is 338 g/mol. The number of ether oxygens (including phenoxy) is 2. The third-order valence-electron chi connectivity index (χ3n) is 2.73. The van der Waals surface area contributed by atoms with Crippen molar-refractivity contribution >= 4 is 35.1 Å². The summed E-state index contributed by atoms with van der Waals surface area (Å²) in [5.74, 6) is -0.684. The van der Waals surface area contributed by atoms with Gasteiger partial charge in [0.15, 0.2) is 0 Å². The molecule has 6 heteroatoms. The number of hydrogen-bond donors (Lipinski definition) is 0. The fourth-order valence-electron chi connectivity index (χ4n) is 1.66. The summed E-state index contributed by atoms with van der Waals surface area (Å²) in [6.07, 6.45) is 0. The Labute approximate surface area is 137 Å². The summed E-state index contributed by atoms with van der Waals surface area (Å²) in [5.41, 5.74) is 0.667. The summed E-state index contributed by atoms with van der Waals surface area (Å²) >= 11 is 11.6. The maximum Gasteiger partial charge on any atom is 0.343 e. The summed E-state index contributed by atoms with van der Waals surface area (Å²) < 4.78 is 10.1. The second-order valence-electron chi connectivity index (χ2n) is 4.26. The van der Waals surface area contributed by atoms with Gasteiger partial charge in [-0.2, -0.15) is 0 Å². The highest BCUT2D eigenvalue weighted by Crippen LogP contribution is 2.23. The zero-order valence-electron chi connectivity index (χ0n) is 11.6. The smallest absolute Gasteiger partial charge is 0.343 e. The first kappa shape index (κ1) is 16.3. The highest BCUT2D eigenvalue weighted by atomic mass is 35.5. The minimum atomic E-state index is -0.567. The van der Waals surface area contributed by atoms with Gasteiger partial charge in [-0.15, -0.1) is 0 Å². The van der Waals surface area contributed by atoms with Gasteiger partial charge in [0.25, 0.3) is 0 Å². The lowest BCUT2D eigenvalue weighted by Gasteiger charge is -2.06. The summed E-state index contributed by atoms with van der Waals surface area (Å²) in [4.78, 5) is 23.5. The van der Waals surface area contributed by atoms with Crippen LogP contribution in [-0.2, 0) is 4.74 Å². The van der Waals surface area contributed by atoms with Crippen molar-refractivity contribution in [3.63, 3.8) is 0 Å². The molecule has 2 aromatic rings. The van der Waals surface area contributed by atoms with Crippen molar-refractivity contribution in [1.29, 1.82) is 0 Å². The molecule has 0 spiro atoms. The van der Waals surface area contributed by atoms with Crippen LogP contribution >= 0.6 is 23.2 Å². The number of carbonyl (C=O) groups excluding carboxylic acids is 2. The van der Waals surface area contributed by atoms with Gasteiger partial charge in [0, 0.05) is 0 Å². The van der Waals surface area contributed by atoms with Crippen molar-refractivity contribution in [3.8, 4) is 5.75 Å². The molecule has 0 saturated carbocycles. The van der Waals surface area contributed by atoms with Gasteiger partial charge in [-0.05, 0) is 49.4 Å². The van der Waals surface area contributed by atoms with Gasteiger partial charge in [0.2, 0.25) is 0 Å². The molecule has 0 atom stereocenters. The van der Waals surface area contributed by atoms with Crippen LogP contribution in [-0.4, -0.2) is 18.5 Å². The Morgan fingerprint density at radius 1 is 0.909 bits per heavy atom. The minimum Gasteiger partial charge on any atom is -0.462 e. The molecule has 4 nitrogen and oxygen atoms in total. The number of rotatable bonds is 4. The van der Waals surface area contributed by atoms with Crippen LogP contribution in [0.3, 0.4) is 0 Å². The van der Waals surface area contributed by atoms with Gasteiger partial charge in [-0.1, -0.05) is 23.2 Å². The van der Waals surface area contributed by atoms with Gasteiger partial charge in [0.1, 0.15) is 5.75 Å². The van der Waals surface area contributed by atoms with Crippen LogP contribution in [0.1, 0.15) is 27.6 Å². The number of benzene rings is 2. The van der Waals surface area contributed by atoms with Gasteiger partial charge < -0.3 is 9.47 Å². The molecule has 0 aromatic heterocycles. The molecule has 0 aliphatic heterocycles. The van der Waals surface area contributed by atoms with Gasteiger partial charge in [0.05, 0.1) is 27.8 Å². The Morgan fingerprint density at radius 3 is 2.14 bits per heavy atom. The van der Waals surface area contributed by atoms with Crippen molar-refractivity contribution in [2.45, 2.75) is 6.92 Å². The fourth-order valence-corrected chi connectivity index (χ4v) is 1.96. The molecule has 2 rings (SSSR count). The summed E-state index contributed by atoms with van der Waals surface area (Å²) in [7, 11) is 0. The van der Waals surface area contributed by atoms with Crippen LogP contribution in [0.2, 0.25) is 10.0 Å². The predicted molar refractivity (Wildman–Crippen MR) is 83.8 cm³/mol. The molecule has 0 aliphatic rings. The predicted octanol–water partition coefficient (Wildman–Crippen LogP) is 4.39. The van der Waals surface area contributed by atoms with Gasteiger partial charge in [-0.3, -0.25) is 0 Å². The maximum atomic E-state index is 12.0. The lowest BCUT2D eigenvalue weighted by atomic mass is 10.2. The molecule has 114 valence electrons.